The maximum absolute atomic E-state index is 9.61. The lowest BCUT2D eigenvalue weighted by atomic mass is 9.78. The Balaban J connectivity index is 1.79. The van der Waals surface area contributed by atoms with E-state index < -0.39 is 0 Å². The topological polar surface area (TPSA) is 58.5 Å². The van der Waals surface area contributed by atoms with Gasteiger partial charge >= 0.3 is 0 Å². The van der Waals surface area contributed by atoms with Crippen molar-refractivity contribution in [1.82, 2.24) is 9.97 Å². The number of rotatable bonds is 3. The molecule has 21 heavy (non-hydrogen) atoms. The van der Waals surface area contributed by atoms with Crippen LogP contribution in [0.1, 0.15) is 30.7 Å². The third-order valence-corrected chi connectivity index (χ3v) is 5.50. The van der Waals surface area contributed by atoms with E-state index >= 15 is 0 Å². The van der Waals surface area contributed by atoms with E-state index in [1.165, 1.54) is 6.42 Å². The fourth-order valence-corrected chi connectivity index (χ4v) is 3.86. The van der Waals surface area contributed by atoms with E-state index in [2.05, 4.69) is 9.88 Å². The first-order valence-corrected chi connectivity index (χ1v) is 8.75. The number of hydrogen-bond acceptors (Lipinski definition) is 6. The second-order valence-electron chi connectivity index (χ2n) is 6.04. The number of aliphatic hydroxyl groups excluding tert-OH is 1. The van der Waals surface area contributed by atoms with Gasteiger partial charge in [0.05, 0.1) is 18.9 Å². The minimum atomic E-state index is -0.0546. The van der Waals surface area contributed by atoms with Crippen LogP contribution in [0.15, 0.2) is 5.03 Å². The maximum Gasteiger partial charge on any atom is 0.153 e. The number of ether oxygens (including phenoxy) is 1. The van der Waals surface area contributed by atoms with Gasteiger partial charge in [-0.05, 0) is 37.9 Å². The summed E-state index contributed by atoms with van der Waals surface area (Å²) < 4.78 is 5.58. The van der Waals surface area contributed by atoms with Gasteiger partial charge in [-0.25, -0.2) is 9.97 Å². The van der Waals surface area contributed by atoms with E-state index in [1.54, 1.807) is 11.8 Å². The van der Waals surface area contributed by atoms with E-state index in [4.69, 9.17) is 9.72 Å². The number of aliphatic hydroxyl groups is 1. The largest absolute Gasteiger partial charge is 0.390 e. The van der Waals surface area contributed by atoms with Crippen LogP contribution in [-0.4, -0.2) is 47.6 Å². The summed E-state index contributed by atoms with van der Waals surface area (Å²) in [6, 6.07) is 0. The fourth-order valence-electron chi connectivity index (χ4n) is 3.31. The van der Waals surface area contributed by atoms with Gasteiger partial charge in [-0.15, -0.1) is 11.8 Å². The molecule has 1 aromatic heterocycles. The molecule has 2 saturated heterocycles. The molecule has 1 spiro atoms. The van der Waals surface area contributed by atoms with Gasteiger partial charge in [-0.2, -0.15) is 0 Å². The van der Waals surface area contributed by atoms with Gasteiger partial charge in [-0.3, -0.25) is 0 Å². The Bertz CT molecular complexity index is 508. The molecule has 3 heterocycles. The second-order valence-corrected chi connectivity index (χ2v) is 6.83. The van der Waals surface area contributed by atoms with E-state index in [0.29, 0.717) is 11.1 Å². The van der Waals surface area contributed by atoms with Crippen molar-refractivity contribution in [3.63, 3.8) is 0 Å². The van der Waals surface area contributed by atoms with Crippen molar-refractivity contribution in [2.75, 3.05) is 37.5 Å². The first-order chi connectivity index (χ1) is 10.2. The molecule has 2 aliphatic heterocycles. The van der Waals surface area contributed by atoms with E-state index in [0.717, 1.165) is 55.7 Å². The molecule has 0 unspecified atom stereocenters. The van der Waals surface area contributed by atoms with Gasteiger partial charge in [0.15, 0.2) is 5.82 Å². The van der Waals surface area contributed by atoms with Crippen LogP contribution < -0.4 is 4.90 Å². The summed E-state index contributed by atoms with van der Waals surface area (Å²) in [7, 11) is 0. The molecule has 2 aliphatic rings. The fraction of sp³-hybridized carbons (Fsp3) is 0.733. The molecule has 1 N–H and O–H groups in total. The molecule has 0 radical (unpaired) electrons. The van der Waals surface area contributed by atoms with Crippen LogP contribution >= 0.6 is 11.8 Å². The predicted molar refractivity (Wildman–Crippen MR) is 83.8 cm³/mol. The molecule has 0 aliphatic carbocycles. The Morgan fingerprint density at radius 1 is 1.29 bits per heavy atom. The molecule has 6 heteroatoms. The highest BCUT2D eigenvalue weighted by Crippen LogP contribution is 2.40. The van der Waals surface area contributed by atoms with Gasteiger partial charge in [0.2, 0.25) is 0 Å². The molecule has 0 bridgehead atoms. The van der Waals surface area contributed by atoms with Crippen LogP contribution in [0.4, 0.5) is 5.82 Å². The number of thioether (sulfide) groups is 1. The average Bonchev–Trinajstić information content (AvgIpc) is 2.96. The SMILES string of the molecule is CSc1nc(CO)c(N2CCC3(CCOC3)CC2)nc1C. The Labute approximate surface area is 130 Å². The number of nitrogens with zero attached hydrogens (tertiary/aromatic N) is 3. The van der Waals surface area contributed by atoms with E-state index in [1.807, 2.05) is 13.2 Å². The Hall–Kier alpha value is -0.850. The van der Waals surface area contributed by atoms with Crippen LogP contribution in [0.5, 0.6) is 0 Å². The minimum absolute atomic E-state index is 0.0546. The predicted octanol–water partition coefficient (Wildman–Crippen LogP) is 2.01. The lowest BCUT2D eigenvalue weighted by Crippen LogP contribution is -2.41. The third-order valence-electron chi connectivity index (χ3n) is 4.73. The zero-order chi connectivity index (χ0) is 14.9. The van der Waals surface area contributed by atoms with Crippen LogP contribution in [0.25, 0.3) is 0 Å². The summed E-state index contributed by atoms with van der Waals surface area (Å²) in [5.74, 6) is 0.863. The monoisotopic (exact) mass is 309 g/mol. The molecule has 5 nitrogen and oxygen atoms in total. The maximum atomic E-state index is 9.61. The summed E-state index contributed by atoms with van der Waals surface area (Å²) in [5, 5.41) is 10.5. The van der Waals surface area contributed by atoms with Crippen molar-refractivity contribution in [1.29, 1.82) is 0 Å². The summed E-state index contributed by atoms with van der Waals surface area (Å²) in [6.45, 7) is 5.69. The number of hydrogen-bond donors (Lipinski definition) is 1. The second kappa shape index (κ2) is 6.10. The first-order valence-electron chi connectivity index (χ1n) is 7.52. The number of aromatic nitrogens is 2. The lowest BCUT2D eigenvalue weighted by Gasteiger charge is -2.39. The smallest absolute Gasteiger partial charge is 0.153 e. The van der Waals surface area contributed by atoms with Crippen LogP contribution in [0.3, 0.4) is 0 Å². The van der Waals surface area contributed by atoms with Crippen molar-refractivity contribution < 1.29 is 9.84 Å². The van der Waals surface area contributed by atoms with Crippen molar-refractivity contribution in [2.45, 2.75) is 37.8 Å². The van der Waals surface area contributed by atoms with Gasteiger partial charge < -0.3 is 14.7 Å². The lowest BCUT2D eigenvalue weighted by molar-refractivity contribution is 0.133. The summed E-state index contributed by atoms with van der Waals surface area (Å²) in [5.41, 5.74) is 2.03. The van der Waals surface area contributed by atoms with Crippen molar-refractivity contribution in [2.24, 2.45) is 5.41 Å². The molecule has 0 amide bonds. The summed E-state index contributed by atoms with van der Waals surface area (Å²) in [4.78, 5) is 11.5. The highest BCUT2D eigenvalue weighted by atomic mass is 32.2. The highest BCUT2D eigenvalue weighted by molar-refractivity contribution is 7.98. The molecule has 0 aromatic carbocycles. The molecule has 3 rings (SSSR count). The van der Waals surface area contributed by atoms with E-state index in [-0.39, 0.29) is 6.61 Å². The van der Waals surface area contributed by atoms with Crippen molar-refractivity contribution >= 4 is 17.6 Å². The molecule has 0 atom stereocenters. The minimum Gasteiger partial charge on any atom is -0.390 e. The third kappa shape index (κ3) is 2.89. The van der Waals surface area contributed by atoms with Gasteiger partial charge in [0.1, 0.15) is 10.7 Å². The quantitative estimate of drug-likeness (QED) is 0.862. The first kappa shape index (κ1) is 15.1. The normalized spacial score (nSPS) is 21.2. The number of aryl methyl sites for hydroxylation is 1. The Morgan fingerprint density at radius 3 is 2.62 bits per heavy atom. The molecule has 2 fully saturated rings. The summed E-state index contributed by atoms with van der Waals surface area (Å²) in [6.07, 6.45) is 5.46. The van der Waals surface area contributed by atoms with Crippen LogP contribution in [0, 0.1) is 12.3 Å². The molecule has 116 valence electrons. The van der Waals surface area contributed by atoms with Crippen LogP contribution in [0.2, 0.25) is 0 Å². The Morgan fingerprint density at radius 2 is 2.05 bits per heavy atom. The zero-order valence-corrected chi connectivity index (χ0v) is 13.6. The molecule has 0 saturated carbocycles. The standard InChI is InChI=1S/C15H23N3O2S/c1-11-14(21-2)17-12(9-19)13(16-11)18-6-3-15(4-7-18)5-8-20-10-15/h19H,3-10H2,1-2H3. The van der Waals surface area contributed by atoms with Crippen molar-refractivity contribution in [3.8, 4) is 0 Å². The van der Waals surface area contributed by atoms with Gasteiger partial charge in [0.25, 0.3) is 0 Å². The Kier molecular flexibility index (Phi) is 4.38. The molecular weight excluding hydrogens is 286 g/mol. The average molecular weight is 309 g/mol. The van der Waals surface area contributed by atoms with Gasteiger partial charge in [0, 0.05) is 19.7 Å². The van der Waals surface area contributed by atoms with Crippen molar-refractivity contribution in [3.05, 3.63) is 11.4 Å². The van der Waals surface area contributed by atoms with E-state index in [9.17, 15) is 5.11 Å². The summed E-state index contributed by atoms with van der Waals surface area (Å²) >= 11 is 1.58. The molecular formula is C15H23N3O2S. The van der Waals surface area contributed by atoms with Gasteiger partial charge in [-0.1, -0.05) is 0 Å². The number of piperidine rings is 1. The van der Waals surface area contributed by atoms with Crippen LogP contribution in [-0.2, 0) is 11.3 Å². The highest BCUT2D eigenvalue weighted by Gasteiger charge is 2.38. The molecule has 1 aromatic rings. The number of anilines is 1. The zero-order valence-electron chi connectivity index (χ0n) is 12.8.